The van der Waals surface area contributed by atoms with Crippen LogP contribution in [-0.2, 0) is 0 Å². The Labute approximate surface area is 109 Å². The standard InChI is InChI=1S/C17H30/c1-9-17(10-12(2)3)15(7)11-14(6)16(8)13(4)5/h11-12,17H,6,9-10H2,1-5,7-8H3. The van der Waals surface area contributed by atoms with Crippen molar-refractivity contribution in [1.82, 2.24) is 0 Å². The molecule has 0 amide bonds. The van der Waals surface area contributed by atoms with Crippen molar-refractivity contribution in [3.8, 4) is 0 Å². The third-order valence-corrected chi connectivity index (χ3v) is 3.53. The van der Waals surface area contributed by atoms with Crippen molar-refractivity contribution in [2.45, 2.75) is 61.3 Å². The van der Waals surface area contributed by atoms with Gasteiger partial charge in [0.25, 0.3) is 0 Å². The van der Waals surface area contributed by atoms with Crippen LogP contribution in [-0.4, -0.2) is 0 Å². The molecule has 0 fully saturated rings. The highest BCUT2D eigenvalue weighted by molar-refractivity contribution is 5.40. The first-order chi connectivity index (χ1) is 7.79. The molecule has 1 unspecified atom stereocenters. The lowest BCUT2D eigenvalue weighted by atomic mass is 9.87. The fraction of sp³-hybridized carbons (Fsp3) is 0.647. The molecular weight excluding hydrogens is 204 g/mol. The van der Waals surface area contributed by atoms with Gasteiger partial charge in [-0.15, -0.1) is 0 Å². The third-order valence-electron chi connectivity index (χ3n) is 3.53. The van der Waals surface area contributed by atoms with Gasteiger partial charge in [0.2, 0.25) is 0 Å². The fourth-order valence-corrected chi connectivity index (χ4v) is 2.07. The van der Waals surface area contributed by atoms with Crippen LogP contribution in [0.3, 0.4) is 0 Å². The summed E-state index contributed by atoms with van der Waals surface area (Å²) in [7, 11) is 0. The van der Waals surface area contributed by atoms with Gasteiger partial charge in [-0.05, 0) is 63.5 Å². The van der Waals surface area contributed by atoms with Gasteiger partial charge in [-0.2, -0.15) is 0 Å². The molecule has 1 atom stereocenters. The van der Waals surface area contributed by atoms with E-state index in [0.717, 1.165) is 5.92 Å². The smallest absolute Gasteiger partial charge is 0.0203 e. The zero-order chi connectivity index (χ0) is 13.6. The Kier molecular flexibility index (Phi) is 7.18. The average Bonchev–Trinajstić information content (AvgIpc) is 2.23. The summed E-state index contributed by atoms with van der Waals surface area (Å²) in [6.45, 7) is 19.8. The molecule has 0 heteroatoms. The van der Waals surface area contributed by atoms with E-state index in [2.05, 4.69) is 61.1 Å². The van der Waals surface area contributed by atoms with Crippen molar-refractivity contribution in [2.24, 2.45) is 11.8 Å². The van der Waals surface area contributed by atoms with Crippen LogP contribution in [0.1, 0.15) is 61.3 Å². The Morgan fingerprint density at radius 1 is 1.12 bits per heavy atom. The first-order valence-corrected chi connectivity index (χ1v) is 6.81. The molecule has 0 saturated carbocycles. The highest BCUT2D eigenvalue weighted by Gasteiger charge is 2.11. The molecule has 0 spiro atoms. The molecule has 0 heterocycles. The minimum atomic E-state index is 0.705. The third kappa shape index (κ3) is 5.91. The van der Waals surface area contributed by atoms with E-state index < -0.39 is 0 Å². The lowest BCUT2D eigenvalue weighted by Gasteiger charge is -2.19. The molecule has 0 bridgehead atoms. The van der Waals surface area contributed by atoms with Crippen LogP contribution < -0.4 is 0 Å². The van der Waals surface area contributed by atoms with E-state index in [-0.39, 0.29) is 0 Å². The minimum Gasteiger partial charge on any atom is -0.0915 e. The zero-order valence-corrected chi connectivity index (χ0v) is 12.9. The minimum absolute atomic E-state index is 0.705. The van der Waals surface area contributed by atoms with Crippen LogP contribution in [0.25, 0.3) is 0 Å². The Hall–Kier alpha value is -0.780. The molecule has 0 aliphatic carbocycles. The lowest BCUT2D eigenvalue weighted by Crippen LogP contribution is -2.05. The summed E-state index contributed by atoms with van der Waals surface area (Å²) in [5.74, 6) is 1.47. The number of rotatable bonds is 6. The summed E-state index contributed by atoms with van der Waals surface area (Å²) in [6, 6.07) is 0. The Bertz CT molecular complexity index is 309. The molecule has 0 aliphatic heterocycles. The van der Waals surface area contributed by atoms with Gasteiger partial charge in [0.05, 0.1) is 0 Å². The van der Waals surface area contributed by atoms with Crippen molar-refractivity contribution in [2.75, 3.05) is 0 Å². The molecule has 0 aromatic carbocycles. The van der Waals surface area contributed by atoms with Crippen molar-refractivity contribution in [3.05, 3.63) is 34.9 Å². The molecular formula is C17H30. The molecule has 0 rings (SSSR count). The summed E-state index contributed by atoms with van der Waals surface area (Å²) < 4.78 is 0. The van der Waals surface area contributed by atoms with Gasteiger partial charge in [-0.25, -0.2) is 0 Å². The summed E-state index contributed by atoms with van der Waals surface area (Å²) in [6.07, 6.45) is 4.78. The summed E-state index contributed by atoms with van der Waals surface area (Å²) >= 11 is 0. The molecule has 0 aliphatic rings. The molecule has 0 aromatic rings. The molecule has 0 nitrogen and oxygen atoms in total. The van der Waals surface area contributed by atoms with Gasteiger partial charge in [-0.1, -0.05) is 44.6 Å². The first-order valence-electron chi connectivity index (χ1n) is 6.81. The molecule has 0 radical (unpaired) electrons. The zero-order valence-electron chi connectivity index (χ0n) is 12.9. The van der Waals surface area contributed by atoms with Crippen molar-refractivity contribution in [3.63, 3.8) is 0 Å². The van der Waals surface area contributed by atoms with Crippen LogP contribution in [0.5, 0.6) is 0 Å². The van der Waals surface area contributed by atoms with E-state index >= 15 is 0 Å². The van der Waals surface area contributed by atoms with Crippen LogP contribution >= 0.6 is 0 Å². The molecule has 0 N–H and O–H groups in total. The Balaban J connectivity index is 4.83. The monoisotopic (exact) mass is 234 g/mol. The van der Waals surface area contributed by atoms with Gasteiger partial charge in [0.15, 0.2) is 0 Å². The first kappa shape index (κ1) is 16.2. The molecule has 98 valence electrons. The summed E-state index contributed by atoms with van der Waals surface area (Å²) in [5, 5.41) is 0. The second-order valence-corrected chi connectivity index (χ2v) is 5.77. The van der Waals surface area contributed by atoms with Crippen LogP contribution in [0.4, 0.5) is 0 Å². The van der Waals surface area contributed by atoms with Crippen LogP contribution in [0, 0.1) is 11.8 Å². The average molecular weight is 234 g/mol. The van der Waals surface area contributed by atoms with E-state index in [4.69, 9.17) is 0 Å². The van der Waals surface area contributed by atoms with Gasteiger partial charge in [-0.3, -0.25) is 0 Å². The highest BCUT2D eigenvalue weighted by Crippen LogP contribution is 2.25. The van der Waals surface area contributed by atoms with Gasteiger partial charge in [0.1, 0.15) is 0 Å². The lowest BCUT2D eigenvalue weighted by molar-refractivity contribution is 0.447. The number of hydrogen-bond acceptors (Lipinski definition) is 0. The van der Waals surface area contributed by atoms with Crippen molar-refractivity contribution < 1.29 is 0 Å². The van der Waals surface area contributed by atoms with E-state index in [1.54, 1.807) is 0 Å². The second kappa shape index (κ2) is 7.53. The van der Waals surface area contributed by atoms with E-state index in [1.165, 1.54) is 35.1 Å². The Morgan fingerprint density at radius 3 is 2.00 bits per heavy atom. The number of hydrogen-bond donors (Lipinski definition) is 0. The normalized spacial score (nSPS) is 13.8. The predicted octanol–water partition coefficient (Wildman–Crippen LogP) is 5.92. The van der Waals surface area contributed by atoms with Gasteiger partial charge < -0.3 is 0 Å². The summed E-state index contributed by atoms with van der Waals surface area (Å²) in [5.41, 5.74) is 5.33. The maximum Gasteiger partial charge on any atom is -0.0203 e. The van der Waals surface area contributed by atoms with Crippen LogP contribution in [0.15, 0.2) is 34.9 Å². The topological polar surface area (TPSA) is 0 Å². The second-order valence-electron chi connectivity index (χ2n) is 5.77. The predicted molar refractivity (Wildman–Crippen MR) is 80.2 cm³/mol. The van der Waals surface area contributed by atoms with Crippen molar-refractivity contribution >= 4 is 0 Å². The quantitative estimate of drug-likeness (QED) is 0.501. The largest absolute Gasteiger partial charge is 0.0915 e. The van der Waals surface area contributed by atoms with Crippen molar-refractivity contribution in [1.29, 1.82) is 0 Å². The maximum atomic E-state index is 4.18. The SMILES string of the molecule is C=C(C=C(C)C(CC)CC(C)C)C(C)=C(C)C. The molecule has 0 saturated heterocycles. The fourth-order valence-electron chi connectivity index (χ4n) is 2.07. The van der Waals surface area contributed by atoms with E-state index in [1.807, 2.05) is 0 Å². The summed E-state index contributed by atoms with van der Waals surface area (Å²) in [4.78, 5) is 0. The molecule has 17 heavy (non-hydrogen) atoms. The Morgan fingerprint density at radius 2 is 1.65 bits per heavy atom. The molecule has 0 aromatic heterocycles. The maximum absolute atomic E-state index is 4.18. The van der Waals surface area contributed by atoms with Gasteiger partial charge >= 0.3 is 0 Å². The van der Waals surface area contributed by atoms with Crippen LogP contribution in [0.2, 0.25) is 0 Å². The van der Waals surface area contributed by atoms with E-state index in [0.29, 0.717) is 5.92 Å². The van der Waals surface area contributed by atoms with E-state index in [9.17, 15) is 0 Å². The highest BCUT2D eigenvalue weighted by atomic mass is 14.2. The van der Waals surface area contributed by atoms with Gasteiger partial charge in [0, 0.05) is 0 Å². The number of allylic oxidation sites excluding steroid dienone is 5.